The molecule has 0 saturated heterocycles. The van der Waals surface area contributed by atoms with Crippen molar-refractivity contribution in [2.75, 3.05) is 0 Å². The molecule has 8 heteroatoms. The Bertz CT molecular complexity index is 1420. The number of ether oxygens (including phenoxy) is 1. The molecular weight excluding hydrogens is 432 g/mol. The monoisotopic (exact) mass is 446 g/mol. The van der Waals surface area contributed by atoms with E-state index in [9.17, 15) is 4.79 Å². The van der Waals surface area contributed by atoms with Crippen LogP contribution in [-0.2, 0) is 11.3 Å². The molecule has 0 bridgehead atoms. The molecule has 3 heterocycles. The smallest absolute Gasteiger partial charge is 0.359 e. The Hall–Kier alpha value is -3.42. The zero-order valence-corrected chi connectivity index (χ0v) is 17.9. The van der Waals surface area contributed by atoms with Crippen molar-refractivity contribution in [1.82, 2.24) is 19.9 Å². The molecule has 5 rings (SSSR count). The standard InChI is InChI=1S/C23H15ClN4O2S/c1-13-6-7-14-11-15(21(24)27-17(14)10-13)12-30-23(29)20-19(25-8-9-26-20)22-28-16-4-2-3-5-18(16)31-22/h2-11H,12H2,1H3. The first-order valence-corrected chi connectivity index (χ1v) is 10.7. The Labute approximate surface area is 186 Å². The number of esters is 1. The zero-order valence-electron chi connectivity index (χ0n) is 16.4. The summed E-state index contributed by atoms with van der Waals surface area (Å²) in [6.07, 6.45) is 2.99. The lowest BCUT2D eigenvalue weighted by molar-refractivity contribution is 0.0466. The highest BCUT2D eigenvalue weighted by Gasteiger charge is 2.20. The van der Waals surface area contributed by atoms with Crippen LogP contribution < -0.4 is 0 Å². The summed E-state index contributed by atoms with van der Waals surface area (Å²) in [6, 6.07) is 15.5. The quantitative estimate of drug-likeness (QED) is 0.263. The lowest BCUT2D eigenvalue weighted by atomic mass is 10.1. The maximum Gasteiger partial charge on any atom is 0.359 e. The predicted molar refractivity (Wildman–Crippen MR) is 121 cm³/mol. The van der Waals surface area contributed by atoms with Crippen molar-refractivity contribution < 1.29 is 9.53 Å². The SMILES string of the molecule is Cc1ccc2cc(COC(=O)c3nccnc3-c3nc4ccccc4s3)c(Cl)nc2c1. The highest BCUT2D eigenvalue weighted by Crippen LogP contribution is 2.30. The van der Waals surface area contributed by atoms with Crippen LogP contribution in [0.4, 0.5) is 0 Å². The van der Waals surface area contributed by atoms with Gasteiger partial charge >= 0.3 is 5.97 Å². The van der Waals surface area contributed by atoms with Crippen LogP contribution in [0.25, 0.3) is 31.8 Å². The topological polar surface area (TPSA) is 77.9 Å². The lowest BCUT2D eigenvalue weighted by Gasteiger charge is -2.09. The molecule has 0 unspecified atom stereocenters. The molecule has 0 radical (unpaired) electrons. The molecule has 0 N–H and O–H groups in total. The van der Waals surface area contributed by atoms with Crippen LogP contribution >= 0.6 is 22.9 Å². The van der Waals surface area contributed by atoms with Gasteiger partial charge < -0.3 is 4.74 Å². The van der Waals surface area contributed by atoms with Gasteiger partial charge in [-0.2, -0.15) is 0 Å². The van der Waals surface area contributed by atoms with E-state index in [1.54, 1.807) is 0 Å². The van der Waals surface area contributed by atoms with E-state index < -0.39 is 5.97 Å². The van der Waals surface area contributed by atoms with E-state index in [1.807, 2.05) is 55.5 Å². The number of pyridine rings is 1. The van der Waals surface area contributed by atoms with Gasteiger partial charge in [-0.1, -0.05) is 35.9 Å². The van der Waals surface area contributed by atoms with E-state index in [2.05, 4.69) is 19.9 Å². The van der Waals surface area contributed by atoms with Gasteiger partial charge in [0.2, 0.25) is 0 Å². The summed E-state index contributed by atoms with van der Waals surface area (Å²) in [6.45, 7) is 1.97. The van der Waals surface area contributed by atoms with E-state index >= 15 is 0 Å². The number of aryl methyl sites for hydroxylation is 1. The van der Waals surface area contributed by atoms with Crippen molar-refractivity contribution in [2.45, 2.75) is 13.5 Å². The van der Waals surface area contributed by atoms with Gasteiger partial charge in [-0.3, -0.25) is 0 Å². The van der Waals surface area contributed by atoms with E-state index in [4.69, 9.17) is 16.3 Å². The number of thiazole rings is 1. The van der Waals surface area contributed by atoms with Crippen molar-refractivity contribution in [3.05, 3.63) is 82.9 Å². The first-order valence-electron chi connectivity index (χ1n) is 9.48. The summed E-state index contributed by atoms with van der Waals surface area (Å²) in [4.78, 5) is 30.4. The van der Waals surface area contributed by atoms with E-state index in [0.29, 0.717) is 21.4 Å². The van der Waals surface area contributed by atoms with E-state index in [0.717, 1.165) is 26.7 Å². The fourth-order valence-corrected chi connectivity index (χ4v) is 4.39. The maximum atomic E-state index is 12.8. The second-order valence-corrected chi connectivity index (χ2v) is 8.34. The molecule has 0 atom stereocenters. The number of hydrogen-bond donors (Lipinski definition) is 0. The zero-order chi connectivity index (χ0) is 21.4. The second-order valence-electron chi connectivity index (χ2n) is 6.95. The Balaban J connectivity index is 1.42. The summed E-state index contributed by atoms with van der Waals surface area (Å²) in [5, 5.41) is 1.84. The van der Waals surface area contributed by atoms with E-state index in [1.165, 1.54) is 23.7 Å². The van der Waals surface area contributed by atoms with Gasteiger partial charge in [-0.05, 0) is 36.8 Å². The summed E-state index contributed by atoms with van der Waals surface area (Å²) >= 11 is 7.77. The number of benzene rings is 2. The molecule has 3 aromatic heterocycles. The molecule has 31 heavy (non-hydrogen) atoms. The van der Waals surface area contributed by atoms with Crippen LogP contribution in [-0.4, -0.2) is 25.9 Å². The minimum Gasteiger partial charge on any atom is -0.456 e. The second kappa shape index (κ2) is 8.02. The molecule has 0 aliphatic carbocycles. The molecule has 0 saturated carbocycles. The number of nitrogens with zero attached hydrogens (tertiary/aromatic N) is 4. The van der Waals surface area contributed by atoms with Crippen LogP contribution in [0, 0.1) is 6.92 Å². The maximum absolute atomic E-state index is 12.8. The third kappa shape index (κ3) is 3.85. The predicted octanol–water partition coefficient (Wildman–Crippen LogP) is 5.62. The average Bonchev–Trinajstić information content (AvgIpc) is 3.21. The summed E-state index contributed by atoms with van der Waals surface area (Å²) in [7, 11) is 0. The fraction of sp³-hybridized carbons (Fsp3) is 0.0870. The number of aromatic nitrogens is 4. The van der Waals surface area contributed by atoms with E-state index in [-0.39, 0.29) is 12.3 Å². The number of halogens is 1. The number of fused-ring (bicyclic) bond motifs is 2. The summed E-state index contributed by atoms with van der Waals surface area (Å²) in [5.74, 6) is -0.595. The Morgan fingerprint density at radius 3 is 2.74 bits per heavy atom. The van der Waals surface area contributed by atoms with Crippen LogP contribution in [0.3, 0.4) is 0 Å². The number of carbonyl (C=O) groups excluding carboxylic acids is 1. The van der Waals surface area contributed by atoms with Crippen molar-refractivity contribution in [3.8, 4) is 10.7 Å². The van der Waals surface area contributed by atoms with Crippen LogP contribution in [0.5, 0.6) is 0 Å². The molecule has 2 aromatic carbocycles. The number of carbonyl (C=O) groups is 1. The molecule has 0 fully saturated rings. The van der Waals surface area contributed by atoms with Gasteiger partial charge in [-0.25, -0.2) is 24.7 Å². The molecule has 6 nitrogen and oxygen atoms in total. The largest absolute Gasteiger partial charge is 0.456 e. The average molecular weight is 447 g/mol. The first kappa shape index (κ1) is 19.5. The van der Waals surface area contributed by atoms with Crippen molar-refractivity contribution in [2.24, 2.45) is 0 Å². The van der Waals surface area contributed by atoms with Crippen molar-refractivity contribution >= 4 is 50.0 Å². The Morgan fingerprint density at radius 1 is 1.03 bits per heavy atom. The number of para-hydroxylation sites is 1. The minimum absolute atomic E-state index is 0.0235. The number of rotatable bonds is 4. The number of hydrogen-bond acceptors (Lipinski definition) is 7. The molecule has 152 valence electrons. The Kier molecular flexibility index (Phi) is 5.05. The summed E-state index contributed by atoms with van der Waals surface area (Å²) < 4.78 is 6.52. The fourth-order valence-electron chi connectivity index (χ4n) is 3.23. The van der Waals surface area contributed by atoms with Gasteiger partial charge in [0.1, 0.15) is 22.5 Å². The summed E-state index contributed by atoms with van der Waals surface area (Å²) in [5.41, 5.74) is 3.87. The van der Waals surface area contributed by atoms with Gasteiger partial charge in [-0.15, -0.1) is 11.3 Å². The van der Waals surface area contributed by atoms with Gasteiger partial charge in [0.05, 0.1) is 15.7 Å². The van der Waals surface area contributed by atoms with Crippen molar-refractivity contribution in [3.63, 3.8) is 0 Å². The van der Waals surface area contributed by atoms with Gasteiger partial charge in [0.25, 0.3) is 0 Å². The van der Waals surface area contributed by atoms with Crippen LogP contribution in [0.2, 0.25) is 5.15 Å². The third-order valence-corrected chi connectivity index (χ3v) is 6.12. The highest BCUT2D eigenvalue weighted by molar-refractivity contribution is 7.21. The van der Waals surface area contributed by atoms with Gasteiger partial charge in [0.15, 0.2) is 5.69 Å². The molecule has 0 spiro atoms. The third-order valence-electron chi connectivity index (χ3n) is 4.75. The van der Waals surface area contributed by atoms with Gasteiger partial charge in [0, 0.05) is 23.3 Å². The molecule has 0 amide bonds. The molecule has 0 aliphatic heterocycles. The van der Waals surface area contributed by atoms with Crippen LogP contribution in [0.1, 0.15) is 21.6 Å². The molecule has 5 aromatic rings. The first-order chi connectivity index (χ1) is 15.1. The highest BCUT2D eigenvalue weighted by atomic mass is 35.5. The normalized spacial score (nSPS) is 11.2. The van der Waals surface area contributed by atoms with Crippen LogP contribution in [0.15, 0.2) is 60.9 Å². The molecular formula is C23H15ClN4O2S. The molecule has 0 aliphatic rings. The lowest BCUT2D eigenvalue weighted by Crippen LogP contribution is -2.10. The minimum atomic E-state index is -0.595. The Morgan fingerprint density at radius 2 is 1.87 bits per heavy atom. The van der Waals surface area contributed by atoms with Crippen molar-refractivity contribution in [1.29, 1.82) is 0 Å².